The molecule has 1 saturated heterocycles. The minimum atomic E-state index is -0.321. The zero-order valence-corrected chi connectivity index (χ0v) is 20.4. The summed E-state index contributed by atoms with van der Waals surface area (Å²) in [5.41, 5.74) is 2.86. The minimum Gasteiger partial charge on any atom is -0.300 e. The van der Waals surface area contributed by atoms with Gasteiger partial charge in [-0.3, -0.25) is 4.79 Å². The summed E-state index contributed by atoms with van der Waals surface area (Å²) in [6.45, 7) is 4.85. The van der Waals surface area contributed by atoms with Crippen molar-refractivity contribution in [2.75, 3.05) is 13.1 Å². The number of nitrogens with zero attached hydrogens (tertiary/aromatic N) is 1. The first-order valence-electron chi connectivity index (χ1n) is 13.2. The molecule has 3 heteroatoms. The molecule has 6 atom stereocenters. The average molecular weight is 468 g/mol. The molecule has 5 unspecified atom stereocenters. The molecule has 0 amide bonds. The first kappa shape index (κ1) is 22.7. The number of rotatable bonds is 4. The molecule has 2 aromatic rings. The molecule has 0 aromatic heterocycles. The van der Waals surface area contributed by atoms with Crippen molar-refractivity contribution in [1.82, 2.24) is 4.90 Å². The van der Waals surface area contributed by atoms with Crippen LogP contribution in [-0.4, -0.2) is 29.8 Å². The second kappa shape index (κ2) is 9.02. The molecule has 1 saturated carbocycles. The average Bonchev–Trinajstić information content (AvgIpc) is 3.53. The highest BCUT2D eigenvalue weighted by Crippen LogP contribution is 2.54. The van der Waals surface area contributed by atoms with E-state index in [1.807, 2.05) is 12.1 Å². The first-order chi connectivity index (χ1) is 17.0. The van der Waals surface area contributed by atoms with Crippen LogP contribution in [0.2, 0.25) is 0 Å². The van der Waals surface area contributed by atoms with Gasteiger partial charge in [-0.15, -0.1) is 0 Å². The molecule has 180 valence electrons. The molecule has 0 N–H and O–H groups in total. The van der Waals surface area contributed by atoms with Crippen LogP contribution in [0.1, 0.15) is 60.0 Å². The maximum absolute atomic E-state index is 13.2. The zero-order valence-electron chi connectivity index (χ0n) is 20.4. The van der Waals surface area contributed by atoms with Crippen molar-refractivity contribution in [2.45, 2.75) is 44.6 Å². The molecule has 2 aromatic carbocycles. The number of allylic oxidation sites excluding steroid dienone is 6. The molecule has 2 nitrogen and oxygen atoms in total. The van der Waals surface area contributed by atoms with Crippen LogP contribution < -0.4 is 0 Å². The summed E-state index contributed by atoms with van der Waals surface area (Å²) >= 11 is 0. The number of likely N-dealkylation sites (tertiary alicyclic amines) is 1. The standard InChI is InChI=1S/C32H34FNO/c1-22-21-34(19-18-32(22)17-16-24-4-2-3-5-30(24)32)29-15-12-27(20-29)23-6-8-25(9-7-23)31(35)26-10-13-28(33)14-11-26/h2-11,13-14,16-17,22,24,27,29-30H,12,15,18-21H2,1H3/t22-,24?,27?,29?,30?,32?/m0/s1. The Morgan fingerprint density at radius 1 is 0.943 bits per heavy atom. The van der Waals surface area contributed by atoms with Gasteiger partial charge in [0.1, 0.15) is 5.82 Å². The van der Waals surface area contributed by atoms with Gasteiger partial charge in [0, 0.05) is 35.0 Å². The highest BCUT2D eigenvalue weighted by Gasteiger charge is 2.49. The Morgan fingerprint density at radius 2 is 1.66 bits per heavy atom. The van der Waals surface area contributed by atoms with Crippen LogP contribution in [0, 0.1) is 29.0 Å². The zero-order chi connectivity index (χ0) is 24.0. The third-order valence-electron chi connectivity index (χ3n) is 9.36. The highest BCUT2D eigenvalue weighted by atomic mass is 19.1. The van der Waals surface area contributed by atoms with E-state index in [1.54, 1.807) is 12.1 Å². The van der Waals surface area contributed by atoms with Crippen molar-refractivity contribution in [1.29, 1.82) is 0 Å². The maximum atomic E-state index is 13.2. The van der Waals surface area contributed by atoms with Gasteiger partial charge in [-0.2, -0.15) is 0 Å². The van der Waals surface area contributed by atoms with Gasteiger partial charge < -0.3 is 4.90 Å². The van der Waals surface area contributed by atoms with Gasteiger partial charge in [-0.1, -0.05) is 67.6 Å². The minimum absolute atomic E-state index is 0.0522. The summed E-state index contributed by atoms with van der Waals surface area (Å²) in [5.74, 6) is 2.07. The molecule has 35 heavy (non-hydrogen) atoms. The van der Waals surface area contributed by atoms with Gasteiger partial charge in [0.15, 0.2) is 5.78 Å². The molecule has 0 bridgehead atoms. The molecule has 6 rings (SSSR count). The number of fused-ring (bicyclic) bond motifs is 2. The van der Waals surface area contributed by atoms with Gasteiger partial charge in [0.2, 0.25) is 0 Å². The Kier molecular flexibility index (Phi) is 5.84. The van der Waals surface area contributed by atoms with Gasteiger partial charge in [-0.05, 0) is 79.8 Å². The summed E-state index contributed by atoms with van der Waals surface area (Å²) < 4.78 is 13.2. The van der Waals surface area contributed by atoms with Crippen LogP contribution in [0.15, 0.2) is 85.0 Å². The Labute approximate surface area is 208 Å². The van der Waals surface area contributed by atoms with Gasteiger partial charge in [-0.25, -0.2) is 4.39 Å². The third-order valence-corrected chi connectivity index (χ3v) is 9.36. The van der Waals surface area contributed by atoms with E-state index >= 15 is 0 Å². The lowest BCUT2D eigenvalue weighted by atomic mass is 9.62. The van der Waals surface area contributed by atoms with Crippen LogP contribution in [-0.2, 0) is 0 Å². The van der Waals surface area contributed by atoms with E-state index in [9.17, 15) is 9.18 Å². The van der Waals surface area contributed by atoms with Crippen molar-refractivity contribution < 1.29 is 9.18 Å². The number of ketones is 1. The number of hydrogen-bond donors (Lipinski definition) is 0. The Morgan fingerprint density at radius 3 is 2.40 bits per heavy atom. The number of piperidine rings is 1. The summed E-state index contributed by atoms with van der Waals surface area (Å²) in [5, 5.41) is 0. The fourth-order valence-corrected chi connectivity index (χ4v) is 7.28. The first-order valence-corrected chi connectivity index (χ1v) is 13.2. The molecule has 1 spiro atoms. The predicted octanol–water partition coefficient (Wildman–Crippen LogP) is 6.95. The lowest BCUT2D eigenvalue weighted by Gasteiger charge is -2.49. The second-order valence-electron chi connectivity index (χ2n) is 11.1. The summed E-state index contributed by atoms with van der Waals surface area (Å²) in [6.07, 6.45) is 19.2. The molecule has 1 aliphatic heterocycles. The van der Waals surface area contributed by atoms with Gasteiger partial charge in [0.25, 0.3) is 0 Å². The number of carbonyl (C=O) groups is 1. The molecule has 4 aliphatic rings. The van der Waals surface area contributed by atoms with E-state index in [4.69, 9.17) is 0 Å². The maximum Gasteiger partial charge on any atom is 0.193 e. The number of halogens is 1. The van der Waals surface area contributed by atoms with E-state index < -0.39 is 0 Å². The van der Waals surface area contributed by atoms with E-state index in [-0.39, 0.29) is 11.6 Å². The Balaban J connectivity index is 1.08. The summed E-state index contributed by atoms with van der Waals surface area (Å²) in [4.78, 5) is 15.5. The fourth-order valence-electron chi connectivity index (χ4n) is 7.28. The Bertz CT molecular complexity index is 1180. The molecule has 3 aliphatic carbocycles. The number of benzene rings is 2. The monoisotopic (exact) mass is 467 g/mol. The van der Waals surface area contributed by atoms with Gasteiger partial charge in [0.05, 0.1) is 0 Å². The van der Waals surface area contributed by atoms with Crippen molar-refractivity contribution in [3.63, 3.8) is 0 Å². The van der Waals surface area contributed by atoms with Crippen LogP contribution in [0.3, 0.4) is 0 Å². The molecular weight excluding hydrogens is 433 g/mol. The Hall–Kier alpha value is -2.78. The molecular formula is C32H34FNO. The van der Waals surface area contributed by atoms with Crippen molar-refractivity contribution >= 4 is 5.78 Å². The molecule has 1 heterocycles. The van der Waals surface area contributed by atoms with E-state index in [0.717, 1.165) is 0 Å². The quantitative estimate of drug-likeness (QED) is 0.358. The van der Waals surface area contributed by atoms with E-state index in [2.05, 4.69) is 60.4 Å². The smallest absolute Gasteiger partial charge is 0.193 e. The van der Waals surface area contributed by atoms with Crippen LogP contribution in [0.4, 0.5) is 4.39 Å². The van der Waals surface area contributed by atoms with Crippen molar-refractivity contribution in [2.24, 2.45) is 23.2 Å². The van der Waals surface area contributed by atoms with Gasteiger partial charge >= 0.3 is 0 Å². The van der Waals surface area contributed by atoms with Crippen LogP contribution in [0.25, 0.3) is 0 Å². The SMILES string of the molecule is C[C@H]1CN(C2CCC(c3ccc(C(=O)c4ccc(F)cc4)cc3)C2)CCC12C=CC1C=CC=CC12. The topological polar surface area (TPSA) is 20.3 Å². The third kappa shape index (κ3) is 4.04. The fraction of sp³-hybridized carbons (Fsp3) is 0.406. The lowest BCUT2D eigenvalue weighted by Crippen LogP contribution is -2.51. The van der Waals surface area contributed by atoms with E-state index in [1.165, 1.54) is 56.5 Å². The second-order valence-corrected chi connectivity index (χ2v) is 11.1. The number of carbonyl (C=O) groups excluding carboxylic acids is 1. The number of hydrogen-bond acceptors (Lipinski definition) is 2. The van der Waals surface area contributed by atoms with E-state index in [0.29, 0.717) is 46.3 Å². The normalized spacial score (nSPS) is 33.9. The largest absolute Gasteiger partial charge is 0.300 e. The lowest BCUT2D eigenvalue weighted by molar-refractivity contribution is 0.0265. The van der Waals surface area contributed by atoms with Crippen LogP contribution >= 0.6 is 0 Å². The van der Waals surface area contributed by atoms with Crippen molar-refractivity contribution in [3.05, 3.63) is 107 Å². The van der Waals surface area contributed by atoms with Crippen LogP contribution in [0.5, 0.6) is 0 Å². The molecule has 0 radical (unpaired) electrons. The predicted molar refractivity (Wildman–Crippen MR) is 139 cm³/mol. The molecule has 2 fully saturated rings. The highest BCUT2D eigenvalue weighted by molar-refractivity contribution is 6.08. The summed E-state index contributed by atoms with van der Waals surface area (Å²) in [6, 6.07) is 14.6. The summed E-state index contributed by atoms with van der Waals surface area (Å²) in [7, 11) is 0. The van der Waals surface area contributed by atoms with Crippen molar-refractivity contribution in [3.8, 4) is 0 Å².